The Morgan fingerprint density at radius 3 is 2.54 bits per heavy atom. The molecule has 0 aliphatic heterocycles. The third-order valence-corrected chi connectivity index (χ3v) is 4.18. The van der Waals surface area contributed by atoms with Crippen LogP contribution < -0.4 is 10.0 Å². The molecule has 140 valence electrons. The number of nitrogens with zero attached hydrogens (tertiary/aromatic N) is 2. The molecule has 1 heterocycles. The Morgan fingerprint density at radius 2 is 1.96 bits per heavy atom. The van der Waals surface area contributed by atoms with Crippen molar-refractivity contribution in [2.45, 2.75) is 19.4 Å². The SMILES string of the molecule is Cc1ccccc1C(CC(=O)O)NC(=O)c1nn(C)cc1NS(C)(=O)=O. The number of amides is 1. The van der Waals surface area contributed by atoms with E-state index in [1.54, 1.807) is 19.2 Å². The van der Waals surface area contributed by atoms with Crippen molar-refractivity contribution in [3.8, 4) is 0 Å². The smallest absolute Gasteiger partial charge is 0.305 e. The second-order valence-electron chi connectivity index (χ2n) is 5.92. The molecular formula is C16H20N4O5S. The molecular weight excluding hydrogens is 360 g/mol. The summed E-state index contributed by atoms with van der Waals surface area (Å²) in [6, 6.07) is 6.33. The predicted octanol–water partition coefficient (Wildman–Crippen LogP) is 1.05. The summed E-state index contributed by atoms with van der Waals surface area (Å²) in [7, 11) is -2.06. The van der Waals surface area contributed by atoms with Crippen molar-refractivity contribution in [3.05, 3.63) is 47.3 Å². The summed E-state index contributed by atoms with van der Waals surface area (Å²) >= 11 is 0. The molecule has 1 aromatic carbocycles. The highest BCUT2D eigenvalue weighted by atomic mass is 32.2. The molecule has 1 amide bonds. The van der Waals surface area contributed by atoms with Crippen LogP contribution in [-0.2, 0) is 21.9 Å². The number of carboxylic acids is 1. The molecule has 3 N–H and O–H groups in total. The average molecular weight is 380 g/mol. The van der Waals surface area contributed by atoms with Gasteiger partial charge in [0.15, 0.2) is 5.69 Å². The van der Waals surface area contributed by atoms with Crippen LogP contribution in [0.1, 0.15) is 34.1 Å². The van der Waals surface area contributed by atoms with E-state index in [0.717, 1.165) is 11.8 Å². The van der Waals surface area contributed by atoms with E-state index < -0.39 is 27.9 Å². The Bertz CT molecular complexity index is 936. The van der Waals surface area contributed by atoms with Crippen LogP contribution in [0.25, 0.3) is 0 Å². The molecule has 1 aromatic heterocycles. The summed E-state index contributed by atoms with van der Waals surface area (Å²) in [5, 5.41) is 15.8. The van der Waals surface area contributed by atoms with Gasteiger partial charge in [-0.15, -0.1) is 0 Å². The highest BCUT2D eigenvalue weighted by Crippen LogP contribution is 2.22. The molecule has 2 aromatic rings. The van der Waals surface area contributed by atoms with Crippen LogP contribution in [0.15, 0.2) is 30.5 Å². The first kappa shape index (κ1) is 19.4. The van der Waals surface area contributed by atoms with Crippen LogP contribution in [0.3, 0.4) is 0 Å². The van der Waals surface area contributed by atoms with Gasteiger partial charge in [0.05, 0.1) is 24.4 Å². The fourth-order valence-electron chi connectivity index (χ4n) is 2.55. The van der Waals surface area contributed by atoms with Crippen molar-refractivity contribution in [1.29, 1.82) is 0 Å². The van der Waals surface area contributed by atoms with E-state index in [1.165, 1.54) is 10.9 Å². The second kappa shape index (κ2) is 7.56. The quantitative estimate of drug-likeness (QED) is 0.658. The van der Waals surface area contributed by atoms with E-state index in [4.69, 9.17) is 5.11 Å². The zero-order chi connectivity index (χ0) is 19.5. The summed E-state index contributed by atoms with van der Waals surface area (Å²) in [5.41, 5.74) is 1.37. The zero-order valence-electron chi connectivity index (χ0n) is 14.6. The van der Waals surface area contributed by atoms with Gasteiger partial charge in [0.2, 0.25) is 10.0 Å². The first-order chi connectivity index (χ1) is 12.1. The number of anilines is 1. The van der Waals surface area contributed by atoms with Crippen molar-refractivity contribution >= 4 is 27.6 Å². The minimum atomic E-state index is -3.60. The van der Waals surface area contributed by atoms with Crippen LogP contribution in [0.4, 0.5) is 5.69 Å². The Labute approximate surface area is 151 Å². The number of carboxylic acid groups (broad SMARTS) is 1. The Morgan fingerprint density at radius 1 is 1.31 bits per heavy atom. The summed E-state index contributed by atoms with van der Waals surface area (Å²) in [5.74, 6) is -1.75. The molecule has 0 saturated carbocycles. The van der Waals surface area contributed by atoms with Crippen LogP contribution >= 0.6 is 0 Å². The fraction of sp³-hybridized carbons (Fsp3) is 0.312. The van der Waals surface area contributed by atoms with Crippen molar-refractivity contribution in [1.82, 2.24) is 15.1 Å². The number of aliphatic carboxylic acids is 1. The maximum atomic E-state index is 12.6. The molecule has 2 rings (SSSR count). The number of aromatic nitrogens is 2. The van der Waals surface area contributed by atoms with Gasteiger partial charge in [-0.1, -0.05) is 24.3 Å². The highest BCUT2D eigenvalue weighted by Gasteiger charge is 2.24. The Balaban J connectivity index is 2.33. The highest BCUT2D eigenvalue weighted by molar-refractivity contribution is 7.92. The van der Waals surface area contributed by atoms with E-state index in [1.807, 2.05) is 19.1 Å². The maximum absolute atomic E-state index is 12.6. The molecule has 0 bridgehead atoms. The van der Waals surface area contributed by atoms with Crippen LogP contribution in [-0.4, -0.2) is 41.4 Å². The molecule has 0 fully saturated rings. The Kier molecular flexibility index (Phi) is 5.66. The van der Waals surface area contributed by atoms with Gasteiger partial charge in [-0.3, -0.25) is 19.0 Å². The molecule has 10 heteroatoms. The second-order valence-corrected chi connectivity index (χ2v) is 7.67. The molecule has 1 atom stereocenters. The lowest BCUT2D eigenvalue weighted by molar-refractivity contribution is -0.137. The number of rotatable bonds is 7. The van der Waals surface area contributed by atoms with Gasteiger partial charge < -0.3 is 10.4 Å². The summed E-state index contributed by atoms with van der Waals surface area (Å²) < 4.78 is 26.4. The molecule has 26 heavy (non-hydrogen) atoms. The van der Waals surface area contributed by atoms with Crippen LogP contribution in [0, 0.1) is 6.92 Å². The van der Waals surface area contributed by atoms with Crippen LogP contribution in [0.2, 0.25) is 0 Å². The zero-order valence-corrected chi connectivity index (χ0v) is 15.4. The summed E-state index contributed by atoms with van der Waals surface area (Å²) in [6.07, 6.45) is 2.00. The number of sulfonamides is 1. The van der Waals surface area contributed by atoms with E-state index >= 15 is 0 Å². The van der Waals surface area contributed by atoms with Crippen molar-refractivity contribution in [3.63, 3.8) is 0 Å². The molecule has 0 radical (unpaired) electrons. The molecule has 0 spiro atoms. The normalized spacial score (nSPS) is 12.4. The average Bonchev–Trinajstić information content (AvgIpc) is 2.85. The van der Waals surface area contributed by atoms with Gasteiger partial charge in [-0.05, 0) is 18.1 Å². The number of nitrogens with one attached hydrogen (secondary N) is 2. The van der Waals surface area contributed by atoms with Crippen molar-refractivity contribution in [2.24, 2.45) is 7.05 Å². The van der Waals surface area contributed by atoms with E-state index in [9.17, 15) is 18.0 Å². The van der Waals surface area contributed by atoms with Crippen molar-refractivity contribution < 1.29 is 23.1 Å². The largest absolute Gasteiger partial charge is 0.481 e. The number of carbonyl (C=O) groups is 2. The van der Waals surface area contributed by atoms with Gasteiger partial charge in [0.25, 0.3) is 5.91 Å². The minimum absolute atomic E-state index is 0.0198. The Hall–Kier alpha value is -2.88. The predicted molar refractivity (Wildman–Crippen MR) is 95.3 cm³/mol. The fourth-order valence-corrected chi connectivity index (χ4v) is 3.10. The third kappa shape index (κ3) is 5.06. The first-order valence-corrected chi connectivity index (χ1v) is 9.55. The summed E-state index contributed by atoms with van der Waals surface area (Å²) in [6.45, 7) is 1.81. The number of hydrogen-bond acceptors (Lipinski definition) is 5. The number of hydrogen-bond donors (Lipinski definition) is 3. The summed E-state index contributed by atoms with van der Waals surface area (Å²) in [4.78, 5) is 23.8. The van der Waals surface area contributed by atoms with Gasteiger partial charge in [-0.2, -0.15) is 5.10 Å². The molecule has 9 nitrogen and oxygen atoms in total. The standard InChI is InChI=1S/C16H20N4O5S/c1-10-6-4-5-7-11(10)12(8-14(21)22)17-16(23)15-13(9-20(2)18-15)19-26(3,24)25/h4-7,9,12,19H,8H2,1-3H3,(H,17,23)(H,21,22). The minimum Gasteiger partial charge on any atom is -0.481 e. The van der Waals surface area contributed by atoms with Gasteiger partial charge in [0, 0.05) is 13.2 Å². The van der Waals surface area contributed by atoms with Gasteiger partial charge in [0.1, 0.15) is 0 Å². The van der Waals surface area contributed by atoms with Crippen molar-refractivity contribution in [2.75, 3.05) is 11.0 Å². The molecule has 0 aliphatic carbocycles. The molecule has 1 unspecified atom stereocenters. The van der Waals surface area contributed by atoms with E-state index in [-0.39, 0.29) is 17.8 Å². The van der Waals surface area contributed by atoms with Gasteiger partial charge >= 0.3 is 5.97 Å². The number of benzene rings is 1. The lowest BCUT2D eigenvalue weighted by Gasteiger charge is -2.19. The number of carbonyl (C=O) groups excluding carboxylic acids is 1. The number of aryl methyl sites for hydroxylation is 2. The topological polar surface area (TPSA) is 130 Å². The lowest BCUT2D eigenvalue weighted by atomic mass is 9.98. The molecule has 0 saturated heterocycles. The van der Waals surface area contributed by atoms with E-state index in [0.29, 0.717) is 5.56 Å². The van der Waals surface area contributed by atoms with E-state index in [2.05, 4.69) is 15.1 Å². The first-order valence-electron chi connectivity index (χ1n) is 7.66. The van der Waals surface area contributed by atoms with Crippen LogP contribution in [0.5, 0.6) is 0 Å². The van der Waals surface area contributed by atoms with Gasteiger partial charge in [-0.25, -0.2) is 8.42 Å². The molecule has 0 aliphatic rings. The third-order valence-electron chi connectivity index (χ3n) is 3.59. The maximum Gasteiger partial charge on any atom is 0.305 e. The monoisotopic (exact) mass is 380 g/mol. The lowest BCUT2D eigenvalue weighted by Crippen LogP contribution is -2.31.